The number of hydrogen-bond acceptors (Lipinski definition) is 3. The van der Waals surface area contributed by atoms with Crippen LogP contribution in [-0.4, -0.2) is 38.0 Å². The van der Waals surface area contributed by atoms with Crippen molar-refractivity contribution < 1.29 is 13.2 Å². The molecule has 18 heavy (non-hydrogen) atoms. The molecule has 5 heteroatoms. The lowest BCUT2D eigenvalue weighted by atomic mass is 10.2. The Balaban J connectivity index is 2.35. The first-order chi connectivity index (χ1) is 8.41. The molecular formula is C13H19NO3S. The van der Waals surface area contributed by atoms with Crippen molar-refractivity contribution in [1.29, 1.82) is 0 Å². The summed E-state index contributed by atoms with van der Waals surface area (Å²) in [7, 11) is -3.41. The number of aryl methyl sites for hydroxylation is 1. The van der Waals surface area contributed by atoms with Crippen LogP contribution in [0.2, 0.25) is 0 Å². The molecule has 4 nitrogen and oxygen atoms in total. The van der Waals surface area contributed by atoms with Gasteiger partial charge in [0.15, 0.2) is 0 Å². The smallest absolute Gasteiger partial charge is 0.243 e. The highest BCUT2D eigenvalue weighted by atomic mass is 32.2. The second-order valence-electron chi connectivity index (χ2n) is 4.88. The van der Waals surface area contributed by atoms with Gasteiger partial charge in [-0.3, -0.25) is 0 Å². The lowest BCUT2D eigenvalue weighted by molar-refractivity contribution is -0.0170. The van der Waals surface area contributed by atoms with Gasteiger partial charge in [-0.2, -0.15) is 4.31 Å². The van der Waals surface area contributed by atoms with Crippen LogP contribution in [-0.2, 0) is 14.8 Å². The first kappa shape index (κ1) is 13.5. The standard InChI is InChI=1S/C13H19NO3S/c1-10-5-4-6-13(7-10)18(15,16)14-8-12(3)17-9-11(14)2/h4-7,11-12H,8-9H2,1-3H3. The van der Waals surface area contributed by atoms with Crippen LogP contribution in [0.3, 0.4) is 0 Å². The lowest BCUT2D eigenvalue weighted by Crippen LogP contribution is -2.50. The normalized spacial score (nSPS) is 26.2. The maximum Gasteiger partial charge on any atom is 0.243 e. The number of ether oxygens (including phenoxy) is 1. The van der Waals surface area contributed by atoms with Gasteiger partial charge < -0.3 is 4.74 Å². The predicted octanol–water partition coefficient (Wildman–Crippen LogP) is 1.79. The summed E-state index contributed by atoms with van der Waals surface area (Å²) in [5.74, 6) is 0. The highest BCUT2D eigenvalue weighted by molar-refractivity contribution is 7.89. The molecule has 2 rings (SSSR count). The fourth-order valence-corrected chi connectivity index (χ4v) is 3.92. The van der Waals surface area contributed by atoms with Crippen LogP contribution in [0.5, 0.6) is 0 Å². The molecule has 1 heterocycles. The molecule has 0 radical (unpaired) electrons. The van der Waals surface area contributed by atoms with E-state index in [4.69, 9.17) is 4.74 Å². The van der Waals surface area contributed by atoms with Crippen molar-refractivity contribution in [3.63, 3.8) is 0 Å². The number of hydrogen-bond donors (Lipinski definition) is 0. The third-order valence-electron chi connectivity index (χ3n) is 3.15. The predicted molar refractivity (Wildman–Crippen MR) is 69.9 cm³/mol. The van der Waals surface area contributed by atoms with Gasteiger partial charge in [0.05, 0.1) is 17.6 Å². The molecule has 1 saturated heterocycles. The fourth-order valence-electron chi connectivity index (χ4n) is 2.12. The lowest BCUT2D eigenvalue weighted by Gasteiger charge is -2.35. The van der Waals surface area contributed by atoms with Gasteiger partial charge in [0, 0.05) is 12.6 Å². The molecule has 0 amide bonds. The number of benzene rings is 1. The molecule has 1 aromatic carbocycles. The number of morpholine rings is 1. The van der Waals surface area contributed by atoms with E-state index in [9.17, 15) is 8.42 Å². The Hall–Kier alpha value is -0.910. The number of nitrogens with zero attached hydrogens (tertiary/aromatic N) is 1. The molecule has 0 spiro atoms. The van der Waals surface area contributed by atoms with Crippen LogP contribution in [0.4, 0.5) is 0 Å². The molecule has 1 aromatic rings. The van der Waals surface area contributed by atoms with E-state index in [0.717, 1.165) is 5.56 Å². The monoisotopic (exact) mass is 269 g/mol. The van der Waals surface area contributed by atoms with Gasteiger partial charge in [0.2, 0.25) is 10.0 Å². The van der Waals surface area contributed by atoms with Crippen molar-refractivity contribution in [3.8, 4) is 0 Å². The van der Waals surface area contributed by atoms with Gasteiger partial charge in [0.25, 0.3) is 0 Å². The van der Waals surface area contributed by atoms with Gasteiger partial charge in [-0.25, -0.2) is 8.42 Å². The first-order valence-corrected chi connectivity index (χ1v) is 7.55. The largest absolute Gasteiger partial charge is 0.375 e. The van der Waals surface area contributed by atoms with Crippen molar-refractivity contribution in [2.75, 3.05) is 13.2 Å². The number of sulfonamides is 1. The van der Waals surface area contributed by atoms with E-state index in [1.165, 1.54) is 4.31 Å². The molecule has 0 aliphatic carbocycles. The minimum atomic E-state index is -3.41. The van der Waals surface area contributed by atoms with Gasteiger partial charge >= 0.3 is 0 Å². The van der Waals surface area contributed by atoms with Crippen LogP contribution in [0, 0.1) is 6.92 Å². The van der Waals surface area contributed by atoms with E-state index in [1.807, 2.05) is 26.8 Å². The van der Waals surface area contributed by atoms with E-state index < -0.39 is 10.0 Å². The Labute approximate surface area is 109 Å². The molecule has 1 aliphatic rings. The first-order valence-electron chi connectivity index (χ1n) is 6.11. The molecular weight excluding hydrogens is 250 g/mol. The SMILES string of the molecule is Cc1cccc(S(=O)(=O)N2CC(C)OCC2C)c1. The molecule has 1 fully saturated rings. The van der Waals surface area contributed by atoms with E-state index >= 15 is 0 Å². The van der Waals surface area contributed by atoms with Crippen molar-refractivity contribution in [1.82, 2.24) is 4.31 Å². The summed E-state index contributed by atoms with van der Waals surface area (Å²) < 4.78 is 32.1. The topological polar surface area (TPSA) is 46.6 Å². The second kappa shape index (κ2) is 4.99. The Morgan fingerprint density at radius 1 is 1.33 bits per heavy atom. The number of rotatable bonds is 2. The molecule has 0 saturated carbocycles. The highest BCUT2D eigenvalue weighted by Crippen LogP contribution is 2.22. The zero-order chi connectivity index (χ0) is 13.3. The minimum Gasteiger partial charge on any atom is -0.375 e. The Kier molecular flexibility index (Phi) is 3.75. The van der Waals surface area contributed by atoms with Crippen molar-refractivity contribution in [2.24, 2.45) is 0 Å². The molecule has 0 aromatic heterocycles. The highest BCUT2D eigenvalue weighted by Gasteiger charge is 2.33. The van der Waals surface area contributed by atoms with Crippen LogP contribution in [0.25, 0.3) is 0 Å². The van der Waals surface area contributed by atoms with Gasteiger partial charge in [0.1, 0.15) is 0 Å². The minimum absolute atomic E-state index is 0.0548. The quantitative estimate of drug-likeness (QED) is 0.822. The summed E-state index contributed by atoms with van der Waals surface area (Å²) in [6, 6.07) is 6.91. The summed E-state index contributed by atoms with van der Waals surface area (Å²) >= 11 is 0. The van der Waals surface area contributed by atoms with Gasteiger partial charge in [-0.05, 0) is 38.5 Å². The summed E-state index contributed by atoms with van der Waals surface area (Å²) in [5.41, 5.74) is 0.949. The molecule has 0 N–H and O–H groups in total. The molecule has 100 valence electrons. The van der Waals surface area contributed by atoms with Crippen LogP contribution in [0.15, 0.2) is 29.2 Å². The van der Waals surface area contributed by atoms with Crippen LogP contribution in [0.1, 0.15) is 19.4 Å². The van der Waals surface area contributed by atoms with Gasteiger partial charge in [-0.15, -0.1) is 0 Å². The average Bonchev–Trinajstić information content (AvgIpc) is 2.32. The molecule has 2 unspecified atom stereocenters. The zero-order valence-electron chi connectivity index (χ0n) is 11.0. The van der Waals surface area contributed by atoms with E-state index in [0.29, 0.717) is 18.0 Å². The summed E-state index contributed by atoms with van der Waals surface area (Å²) in [6.45, 7) is 6.53. The van der Waals surface area contributed by atoms with E-state index in [1.54, 1.807) is 18.2 Å². The summed E-state index contributed by atoms with van der Waals surface area (Å²) in [6.07, 6.45) is -0.0548. The van der Waals surface area contributed by atoms with E-state index in [2.05, 4.69) is 0 Å². The molecule has 2 atom stereocenters. The summed E-state index contributed by atoms with van der Waals surface area (Å²) in [4.78, 5) is 0.364. The third kappa shape index (κ3) is 2.58. The van der Waals surface area contributed by atoms with Crippen LogP contribution < -0.4 is 0 Å². The Morgan fingerprint density at radius 3 is 2.72 bits per heavy atom. The van der Waals surface area contributed by atoms with Gasteiger partial charge in [-0.1, -0.05) is 12.1 Å². The van der Waals surface area contributed by atoms with Crippen molar-refractivity contribution in [3.05, 3.63) is 29.8 Å². The maximum atomic E-state index is 12.6. The second-order valence-corrected chi connectivity index (χ2v) is 6.77. The fraction of sp³-hybridized carbons (Fsp3) is 0.538. The Morgan fingerprint density at radius 2 is 2.06 bits per heavy atom. The van der Waals surface area contributed by atoms with Crippen LogP contribution >= 0.6 is 0 Å². The average molecular weight is 269 g/mol. The summed E-state index contributed by atoms with van der Waals surface area (Å²) in [5, 5.41) is 0. The van der Waals surface area contributed by atoms with Crippen molar-refractivity contribution >= 4 is 10.0 Å². The van der Waals surface area contributed by atoms with E-state index in [-0.39, 0.29) is 12.1 Å². The zero-order valence-corrected chi connectivity index (χ0v) is 11.8. The van der Waals surface area contributed by atoms with Crippen molar-refractivity contribution in [2.45, 2.75) is 37.8 Å². The Bertz CT molecular complexity index is 527. The third-order valence-corrected chi connectivity index (χ3v) is 5.12. The molecule has 0 bridgehead atoms. The maximum absolute atomic E-state index is 12.6. The molecule has 1 aliphatic heterocycles.